The van der Waals surface area contributed by atoms with E-state index in [1.165, 1.54) is 23.9 Å². The maximum Gasteiger partial charge on any atom is 0.238 e. The first kappa shape index (κ1) is 22.1. The van der Waals surface area contributed by atoms with Crippen LogP contribution in [0.15, 0.2) is 52.5 Å². The molecule has 0 radical (unpaired) electrons. The van der Waals surface area contributed by atoms with Crippen LogP contribution in [0.4, 0.5) is 5.69 Å². The lowest BCUT2D eigenvalue weighted by atomic mass is 10.3. The maximum absolute atomic E-state index is 12.4. The van der Waals surface area contributed by atoms with Crippen molar-refractivity contribution in [2.45, 2.75) is 36.4 Å². The average molecular weight is 449 g/mol. The first-order valence-corrected chi connectivity index (χ1v) is 11.9. The molecule has 2 aromatic carbocycles. The Hall–Kier alpha value is -2.56. The number of unbranched alkanes of at least 4 members (excludes halogenated alkanes) is 1. The number of hydrogen-bond donors (Lipinski definition) is 2. The van der Waals surface area contributed by atoms with Crippen molar-refractivity contribution in [2.75, 3.05) is 18.2 Å². The number of nitrogens with zero attached hydrogens (tertiary/aromatic N) is 2. The SMILES string of the molecule is CCCCn1c(SCC(=O)Nc2cccc(OC)c2)nc2cc(S(N)(=O)=O)ccc21. The minimum Gasteiger partial charge on any atom is -0.497 e. The molecule has 8 nitrogen and oxygen atoms in total. The molecule has 160 valence electrons. The largest absolute Gasteiger partial charge is 0.497 e. The minimum atomic E-state index is -3.81. The Balaban J connectivity index is 1.80. The zero-order valence-corrected chi connectivity index (χ0v) is 18.4. The van der Waals surface area contributed by atoms with Crippen molar-refractivity contribution < 1.29 is 17.9 Å². The van der Waals surface area contributed by atoms with Crippen molar-refractivity contribution in [1.29, 1.82) is 0 Å². The van der Waals surface area contributed by atoms with Crippen molar-refractivity contribution in [3.8, 4) is 5.75 Å². The molecule has 1 heterocycles. The van der Waals surface area contributed by atoms with Crippen molar-refractivity contribution in [3.63, 3.8) is 0 Å². The number of nitrogens with two attached hydrogens (primary N) is 1. The highest BCUT2D eigenvalue weighted by Crippen LogP contribution is 2.27. The van der Waals surface area contributed by atoms with E-state index >= 15 is 0 Å². The van der Waals surface area contributed by atoms with E-state index < -0.39 is 10.0 Å². The van der Waals surface area contributed by atoms with Gasteiger partial charge in [0.1, 0.15) is 5.75 Å². The quantitative estimate of drug-likeness (QED) is 0.486. The molecule has 0 saturated carbocycles. The van der Waals surface area contributed by atoms with Crippen LogP contribution in [0.5, 0.6) is 5.75 Å². The smallest absolute Gasteiger partial charge is 0.238 e. The van der Waals surface area contributed by atoms with E-state index in [2.05, 4.69) is 17.2 Å². The van der Waals surface area contributed by atoms with E-state index in [-0.39, 0.29) is 16.6 Å². The molecule has 3 aromatic rings. The van der Waals surface area contributed by atoms with Gasteiger partial charge in [-0.15, -0.1) is 0 Å². The second kappa shape index (κ2) is 9.50. The number of rotatable bonds is 9. The summed E-state index contributed by atoms with van der Waals surface area (Å²) in [6, 6.07) is 11.8. The highest BCUT2D eigenvalue weighted by atomic mass is 32.2. The van der Waals surface area contributed by atoms with Crippen molar-refractivity contribution in [3.05, 3.63) is 42.5 Å². The lowest BCUT2D eigenvalue weighted by Gasteiger charge is -2.09. The van der Waals surface area contributed by atoms with Crippen molar-refractivity contribution >= 4 is 44.4 Å². The number of fused-ring (bicyclic) bond motifs is 1. The number of aryl methyl sites for hydroxylation is 1. The van der Waals surface area contributed by atoms with Gasteiger partial charge in [-0.05, 0) is 36.8 Å². The molecule has 0 aliphatic heterocycles. The van der Waals surface area contributed by atoms with Crippen LogP contribution in [-0.2, 0) is 21.4 Å². The third-order valence-corrected chi connectivity index (χ3v) is 6.32. The number of sulfonamides is 1. The predicted octanol–water partition coefficient (Wildman–Crippen LogP) is 3.22. The van der Waals surface area contributed by atoms with Gasteiger partial charge in [0.15, 0.2) is 5.16 Å². The number of primary sulfonamides is 1. The number of thioether (sulfide) groups is 1. The Kier molecular flexibility index (Phi) is 7.01. The van der Waals surface area contributed by atoms with E-state index in [0.717, 1.165) is 24.9 Å². The average Bonchev–Trinajstić information content (AvgIpc) is 3.07. The summed E-state index contributed by atoms with van der Waals surface area (Å²) in [5.41, 5.74) is 2.00. The fourth-order valence-corrected chi connectivity index (χ4v) is 4.31. The molecule has 0 bridgehead atoms. The van der Waals surface area contributed by atoms with Gasteiger partial charge in [-0.2, -0.15) is 0 Å². The fraction of sp³-hybridized carbons (Fsp3) is 0.300. The molecule has 0 aliphatic rings. The summed E-state index contributed by atoms with van der Waals surface area (Å²) >= 11 is 1.30. The van der Waals surface area contributed by atoms with E-state index in [4.69, 9.17) is 9.88 Å². The standard InChI is InChI=1S/C20H24N4O4S2/c1-3-4-10-24-18-9-8-16(30(21,26)27)12-17(18)23-20(24)29-13-19(25)22-14-6-5-7-15(11-14)28-2/h5-9,11-12H,3-4,10,13H2,1-2H3,(H,22,25)(H2,21,26,27). The number of carbonyl (C=O) groups is 1. The topological polar surface area (TPSA) is 116 Å². The molecule has 1 aromatic heterocycles. The van der Waals surface area contributed by atoms with E-state index in [1.54, 1.807) is 37.4 Å². The molecule has 0 fully saturated rings. The Morgan fingerprint density at radius 2 is 2.07 bits per heavy atom. The normalized spacial score (nSPS) is 11.6. The van der Waals surface area contributed by atoms with Gasteiger partial charge >= 0.3 is 0 Å². The van der Waals surface area contributed by atoms with Gasteiger partial charge < -0.3 is 14.6 Å². The number of nitrogens with one attached hydrogen (secondary N) is 1. The molecule has 0 aliphatic carbocycles. The second-order valence-corrected chi connectivity index (χ2v) is 9.17. The van der Waals surface area contributed by atoms with Crippen LogP contribution in [-0.4, -0.2) is 36.7 Å². The summed E-state index contributed by atoms with van der Waals surface area (Å²) in [7, 11) is -2.24. The lowest BCUT2D eigenvalue weighted by molar-refractivity contribution is -0.113. The lowest BCUT2D eigenvalue weighted by Crippen LogP contribution is -2.14. The van der Waals surface area contributed by atoms with Crippen LogP contribution >= 0.6 is 11.8 Å². The molecule has 0 unspecified atom stereocenters. The zero-order chi connectivity index (χ0) is 21.7. The van der Waals surface area contributed by atoms with Gasteiger partial charge in [0.05, 0.1) is 28.8 Å². The summed E-state index contributed by atoms with van der Waals surface area (Å²) in [5, 5.41) is 8.73. The van der Waals surface area contributed by atoms with E-state index in [1.807, 2.05) is 4.57 Å². The number of imidazole rings is 1. The number of carbonyl (C=O) groups excluding carboxylic acids is 1. The molecule has 1 amide bonds. The van der Waals surface area contributed by atoms with Crippen molar-refractivity contribution in [1.82, 2.24) is 9.55 Å². The molecule has 10 heteroatoms. The summed E-state index contributed by atoms with van der Waals surface area (Å²) < 4.78 is 30.5. The molecule has 3 N–H and O–H groups in total. The van der Waals surface area contributed by atoms with Crippen LogP contribution in [0.25, 0.3) is 11.0 Å². The number of amides is 1. The first-order chi connectivity index (χ1) is 14.3. The first-order valence-electron chi connectivity index (χ1n) is 9.41. The summed E-state index contributed by atoms with van der Waals surface area (Å²) in [6.07, 6.45) is 1.93. The number of methoxy groups -OCH3 is 1. The van der Waals surface area contributed by atoms with Gasteiger partial charge in [0, 0.05) is 18.3 Å². The molecular weight excluding hydrogens is 424 g/mol. The Bertz CT molecular complexity index is 1160. The molecule has 0 spiro atoms. The van der Waals surface area contributed by atoms with E-state index in [0.29, 0.717) is 22.1 Å². The van der Waals surface area contributed by atoms with Gasteiger partial charge in [-0.25, -0.2) is 18.5 Å². The molecule has 3 rings (SSSR count). The van der Waals surface area contributed by atoms with Crippen molar-refractivity contribution in [2.24, 2.45) is 5.14 Å². The highest BCUT2D eigenvalue weighted by Gasteiger charge is 2.16. The molecular formula is C20H24N4O4S2. The number of benzene rings is 2. The summed E-state index contributed by atoms with van der Waals surface area (Å²) in [4.78, 5) is 17.0. The van der Waals surface area contributed by atoms with Crippen LogP contribution in [0.2, 0.25) is 0 Å². The third-order valence-electron chi connectivity index (χ3n) is 4.43. The van der Waals surface area contributed by atoms with Gasteiger partial charge in [0.2, 0.25) is 15.9 Å². The second-order valence-electron chi connectivity index (χ2n) is 6.66. The van der Waals surface area contributed by atoms with Crippen LogP contribution in [0.1, 0.15) is 19.8 Å². The predicted molar refractivity (Wildman–Crippen MR) is 118 cm³/mol. The Labute approximate surface area is 179 Å². The third kappa shape index (κ3) is 5.32. The van der Waals surface area contributed by atoms with Gasteiger partial charge in [-0.1, -0.05) is 31.2 Å². The number of hydrogen-bond acceptors (Lipinski definition) is 6. The fourth-order valence-electron chi connectivity index (χ4n) is 2.93. The number of anilines is 1. The monoisotopic (exact) mass is 448 g/mol. The number of aromatic nitrogens is 2. The highest BCUT2D eigenvalue weighted by molar-refractivity contribution is 7.99. The van der Waals surface area contributed by atoms with Gasteiger partial charge in [0.25, 0.3) is 0 Å². The minimum absolute atomic E-state index is 0.0162. The number of ether oxygens (including phenoxy) is 1. The van der Waals surface area contributed by atoms with Gasteiger partial charge in [-0.3, -0.25) is 4.79 Å². The molecule has 30 heavy (non-hydrogen) atoms. The maximum atomic E-state index is 12.4. The summed E-state index contributed by atoms with van der Waals surface area (Å²) in [5.74, 6) is 0.648. The molecule has 0 saturated heterocycles. The van der Waals surface area contributed by atoms with Crippen LogP contribution in [0.3, 0.4) is 0 Å². The summed E-state index contributed by atoms with van der Waals surface area (Å²) in [6.45, 7) is 2.81. The Morgan fingerprint density at radius 1 is 1.27 bits per heavy atom. The zero-order valence-electron chi connectivity index (χ0n) is 16.8. The van der Waals surface area contributed by atoms with Crippen LogP contribution < -0.4 is 15.2 Å². The molecule has 0 atom stereocenters. The Morgan fingerprint density at radius 3 is 2.77 bits per heavy atom. The van der Waals surface area contributed by atoms with Crippen LogP contribution in [0, 0.1) is 0 Å². The van der Waals surface area contributed by atoms with E-state index in [9.17, 15) is 13.2 Å².